The first kappa shape index (κ1) is 20.5. The predicted molar refractivity (Wildman–Crippen MR) is 108 cm³/mol. The Morgan fingerprint density at radius 2 is 1.93 bits per heavy atom. The molecular weight excluding hydrogens is 360 g/mol. The number of hydrogen-bond donors (Lipinski definition) is 1. The van der Waals surface area contributed by atoms with Gasteiger partial charge in [-0.2, -0.15) is 0 Å². The summed E-state index contributed by atoms with van der Waals surface area (Å²) >= 11 is 0. The van der Waals surface area contributed by atoms with Crippen LogP contribution in [-0.4, -0.2) is 67.2 Å². The predicted octanol–water partition coefficient (Wildman–Crippen LogP) is 2.43. The van der Waals surface area contributed by atoms with Gasteiger partial charge in [0, 0.05) is 49.9 Å². The summed E-state index contributed by atoms with van der Waals surface area (Å²) in [5.41, 5.74) is 0.766. The van der Waals surface area contributed by atoms with Crippen LogP contribution in [0.15, 0.2) is 18.2 Å². The maximum Gasteiger partial charge on any atom is 0.293 e. The lowest BCUT2D eigenvalue weighted by Gasteiger charge is -2.43. The lowest BCUT2D eigenvalue weighted by Crippen LogP contribution is -2.56. The molecule has 1 aromatic carbocycles. The Morgan fingerprint density at radius 3 is 2.54 bits per heavy atom. The van der Waals surface area contributed by atoms with Crippen LogP contribution in [0, 0.1) is 10.1 Å². The van der Waals surface area contributed by atoms with Gasteiger partial charge in [0.05, 0.1) is 18.1 Å². The van der Waals surface area contributed by atoms with Crippen molar-refractivity contribution in [2.24, 2.45) is 0 Å². The number of carbonyl (C=O) groups is 1. The van der Waals surface area contributed by atoms with Gasteiger partial charge in [0.25, 0.3) is 11.6 Å². The average molecular weight is 390 g/mol. The molecule has 1 aromatic rings. The van der Waals surface area contributed by atoms with Crippen LogP contribution in [0.3, 0.4) is 0 Å². The molecule has 0 aliphatic carbocycles. The van der Waals surface area contributed by atoms with Crippen molar-refractivity contribution >= 4 is 17.3 Å². The Kier molecular flexibility index (Phi) is 6.51. The minimum atomic E-state index is -0.395. The number of nitrogens with zero attached hydrogens (tertiary/aromatic N) is 3. The molecule has 0 bridgehead atoms. The second kappa shape index (κ2) is 8.87. The molecule has 2 aliphatic rings. The first-order valence-corrected chi connectivity index (χ1v) is 10.1. The van der Waals surface area contributed by atoms with Crippen molar-refractivity contribution in [2.45, 2.75) is 38.6 Å². The molecule has 1 atom stereocenters. The van der Waals surface area contributed by atoms with Crippen molar-refractivity contribution in [2.75, 3.05) is 50.8 Å². The molecule has 2 heterocycles. The van der Waals surface area contributed by atoms with Crippen LogP contribution in [0.5, 0.6) is 0 Å². The highest BCUT2D eigenvalue weighted by atomic mass is 16.6. The molecule has 8 nitrogen and oxygen atoms in total. The Hall–Kier alpha value is -2.19. The second-order valence-electron chi connectivity index (χ2n) is 7.79. The highest BCUT2D eigenvalue weighted by Gasteiger charge is 2.32. The van der Waals surface area contributed by atoms with Crippen molar-refractivity contribution in [1.82, 2.24) is 10.2 Å². The normalized spacial score (nSPS) is 20.0. The van der Waals surface area contributed by atoms with E-state index in [0.717, 1.165) is 45.4 Å². The number of nitro benzene ring substituents is 1. The number of nitrogens with one attached hydrogen (secondary N) is 1. The van der Waals surface area contributed by atoms with Gasteiger partial charge in [0.15, 0.2) is 0 Å². The number of amides is 1. The van der Waals surface area contributed by atoms with Crippen molar-refractivity contribution in [3.8, 4) is 0 Å². The zero-order valence-electron chi connectivity index (χ0n) is 16.8. The van der Waals surface area contributed by atoms with Crippen molar-refractivity contribution in [3.63, 3.8) is 0 Å². The molecule has 0 aromatic heterocycles. The first-order valence-electron chi connectivity index (χ1n) is 10.1. The van der Waals surface area contributed by atoms with E-state index in [0.29, 0.717) is 31.0 Å². The molecule has 2 aliphatic heterocycles. The number of ether oxygens (including phenoxy) is 1. The van der Waals surface area contributed by atoms with E-state index < -0.39 is 4.92 Å². The van der Waals surface area contributed by atoms with E-state index >= 15 is 0 Å². The first-order chi connectivity index (χ1) is 13.4. The zero-order valence-corrected chi connectivity index (χ0v) is 16.8. The lowest BCUT2D eigenvalue weighted by atomic mass is 9.95. The molecule has 8 heteroatoms. The summed E-state index contributed by atoms with van der Waals surface area (Å²) in [6.45, 7) is 9.47. The molecule has 0 saturated carbocycles. The third-order valence-corrected chi connectivity index (χ3v) is 6.05. The monoisotopic (exact) mass is 390 g/mol. The maximum absolute atomic E-state index is 12.7. The fourth-order valence-corrected chi connectivity index (χ4v) is 3.97. The third-order valence-electron chi connectivity index (χ3n) is 6.05. The molecule has 3 rings (SSSR count). The number of nitro groups is 1. The molecule has 0 radical (unpaired) electrons. The summed E-state index contributed by atoms with van der Waals surface area (Å²) in [5, 5.41) is 14.5. The van der Waals surface area contributed by atoms with Crippen molar-refractivity contribution in [3.05, 3.63) is 33.9 Å². The summed E-state index contributed by atoms with van der Waals surface area (Å²) in [6.07, 6.45) is 2.97. The Balaban J connectivity index is 1.71. The highest BCUT2D eigenvalue weighted by molar-refractivity contribution is 5.95. The van der Waals surface area contributed by atoms with Gasteiger partial charge in [0.1, 0.15) is 5.69 Å². The maximum atomic E-state index is 12.7. The SMILES string of the molecule is CCC(C)(CNC(=O)c1ccc(N2CCCC2)c([N+](=O)[O-])c1)N1CCOCC1. The quantitative estimate of drug-likeness (QED) is 0.568. The van der Waals surface area contributed by atoms with Crippen molar-refractivity contribution < 1.29 is 14.5 Å². The minimum Gasteiger partial charge on any atom is -0.379 e. The summed E-state index contributed by atoms with van der Waals surface area (Å²) in [4.78, 5) is 28.2. The fraction of sp³-hybridized carbons (Fsp3) is 0.650. The van der Waals surface area contributed by atoms with E-state index in [1.807, 2.05) is 4.90 Å². The van der Waals surface area contributed by atoms with Crippen LogP contribution < -0.4 is 10.2 Å². The van der Waals surface area contributed by atoms with Crippen LogP contribution in [0.25, 0.3) is 0 Å². The third kappa shape index (κ3) is 4.44. The number of morpholine rings is 1. The molecule has 0 spiro atoms. The van der Waals surface area contributed by atoms with Gasteiger partial charge >= 0.3 is 0 Å². The Bertz CT molecular complexity index is 714. The van der Waals surface area contributed by atoms with E-state index in [1.54, 1.807) is 12.1 Å². The fourth-order valence-electron chi connectivity index (χ4n) is 3.97. The molecule has 2 saturated heterocycles. The number of benzene rings is 1. The molecule has 1 amide bonds. The molecule has 1 N–H and O–H groups in total. The smallest absolute Gasteiger partial charge is 0.293 e. The van der Waals surface area contributed by atoms with Crippen LogP contribution in [0.4, 0.5) is 11.4 Å². The Morgan fingerprint density at radius 1 is 1.25 bits per heavy atom. The number of carbonyl (C=O) groups excluding carboxylic acids is 1. The molecule has 1 unspecified atom stereocenters. The summed E-state index contributed by atoms with van der Waals surface area (Å²) in [7, 11) is 0. The standard InChI is InChI=1S/C20H30N4O4/c1-3-20(2,23-10-12-28-13-11-23)15-21-19(25)16-6-7-17(18(14-16)24(26)27)22-8-4-5-9-22/h6-7,14H,3-5,8-13,15H2,1-2H3,(H,21,25). The molecular formula is C20H30N4O4. The lowest BCUT2D eigenvalue weighted by molar-refractivity contribution is -0.384. The largest absolute Gasteiger partial charge is 0.379 e. The average Bonchev–Trinajstić information content (AvgIpc) is 3.26. The minimum absolute atomic E-state index is 0.000910. The van der Waals surface area contributed by atoms with Crippen molar-refractivity contribution in [1.29, 1.82) is 0 Å². The summed E-state index contributed by atoms with van der Waals surface area (Å²) in [6, 6.07) is 4.80. The van der Waals surface area contributed by atoms with E-state index in [1.165, 1.54) is 6.07 Å². The molecule has 28 heavy (non-hydrogen) atoms. The van der Waals surface area contributed by atoms with Gasteiger partial charge in [0.2, 0.25) is 0 Å². The number of hydrogen-bond acceptors (Lipinski definition) is 6. The topological polar surface area (TPSA) is 88.0 Å². The van der Waals surface area contributed by atoms with E-state index in [2.05, 4.69) is 24.1 Å². The van der Waals surface area contributed by atoms with Gasteiger partial charge < -0.3 is 15.0 Å². The number of anilines is 1. The van der Waals surface area contributed by atoms with Gasteiger partial charge in [-0.1, -0.05) is 6.92 Å². The Labute approximate surface area is 166 Å². The van der Waals surface area contributed by atoms with Crippen LogP contribution >= 0.6 is 0 Å². The van der Waals surface area contributed by atoms with Gasteiger partial charge in [-0.3, -0.25) is 19.8 Å². The summed E-state index contributed by atoms with van der Waals surface area (Å²) < 4.78 is 5.43. The summed E-state index contributed by atoms with van der Waals surface area (Å²) in [5.74, 6) is -0.274. The van der Waals surface area contributed by atoms with Crippen LogP contribution in [0.2, 0.25) is 0 Å². The second-order valence-corrected chi connectivity index (χ2v) is 7.79. The van der Waals surface area contributed by atoms with E-state index in [4.69, 9.17) is 4.74 Å². The molecule has 154 valence electrons. The van der Waals surface area contributed by atoms with Crippen LogP contribution in [0.1, 0.15) is 43.5 Å². The molecule has 2 fully saturated rings. The van der Waals surface area contributed by atoms with Crippen LogP contribution in [-0.2, 0) is 4.74 Å². The van der Waals surface area contributed by atoms with E-state index in [9.17, 15) is 14.9 Å². The highest BCUT2D eigenvalue weighted by Crippen LogP contribution is 2.31. The van der Waals surface area contributed by atoms with Gasteiger partial charge in [-0.25, -0.2) is 0 Å². The van der Waals surface area contributed by atoms with Gasteiger partial charge in [-0.15, -0.1) is 0 Å². The number of rotatable bonds is 7. The van der Waals surface area contributed by atoms with E-state index in [-0.39, 0.29) is 17.1 Å². The van der Waals surface area contributed by atoms with Gasteiger partial charge in [-0.05, 0) is 38.3 Å². The zero-order chi connectivity index (χ0) is 20.1.